The zero-order valence-corrected chi connectivity index (χ0v) is 7.49. The van der Waals surface area contributed by atoms with Gasteiger partial charge in [-0.1, -0.05) is 6.08 Å². The first-order chi connectivity index (χ1) is 5.84. The van der Waals surface area contributed by atoms with E-state index in [1.807, 2.05) is 0 Å². The molecule has 0 aromatic heterocycles. The van der Waals surface area contributed by atoms with E-state index < -0.39 is 17.4 Å². The van der Waals surface area contributed by atoms with Crippen LogP contribution in [0.25, 0.3) is 0 Å². The summed E-state index contributed by atoms with van der Waals surface area (Å²) in [6.45, 7) is 4.60. The minimum atomic E-state index is -0.833. The number of rotatable bonds is 2. The summed E-state index contributed by atoms with van der Waals surface area (Å²) in [6.07, 6.45) is 2.33. The van der Waals surface area contributed by atoms with Crippen LogP contribution < -0.4 is 11.5 Å². The number of carboxylic acids is 1. The summed E-state index contributed by atoms with van der Waals surface area (Å²) < 4.78 is 0. The summed E-state index contributed by atoms with van der Waals surface area (Å²) in [7, 11) is 0. The first kappa shape index (κ1) is 11.6. The fraction of sp³-hybridized carbons (Fsp3) is 0.500. The fourth-order valence-electron chi connectivity index (χ4n) is 0.882. The van der Waals surface area contributed by atoms with E-state index >= 15 is 0 Å². The molecule has 0 aromatic rings. The lowest BCUT2D eigenvalue weighted by Crippen LogP contribution is -2.40. The van der Waals surface area contributed by atoms with E-state index in [1.165, 1.54) is 0 Å². The molecule has 2 unspecified atom stereocenters. The Bertz CT molecular complexity index is 236. The number of carbonyl (C=O) groups excluding carboxylic acids is 1. The van der Waals surface area contributed by atoms with Crippen LogP contribution >= 0.6 is 0 Å². The van der Waals surface area contributed by atoms with E-state index in [0.717, 1.165) is 6.92 Å². The Balaban J connectivity index is 0.000000310. The highest BCUT2D eigenvalue weighted by Crippen LogP contribution is 2.41. The maximum atomic E-state index is 10.5. The van der Waals surface area contributed by atoms with Crippen LogP contribution in [0.1, 0.15) is 13.3 Å². The lowest BCUT2D eigenvalue weighted by Gasteiger charge is -2.01. The van der Waals surface area contributed by atoms with Crippen molar-refractivity contribution in [2.24, 2.45) is 17.4 Å². The van der Waals surface area contributed by atoms with Crippen LogP contribution in [0.4, 0.5) is 0 Å². The molecule has 0 spiro atoms. The molecule has 1 saturated carbocycles. The van der Waals surface area contributed by atoms with Gasteiger partial charge in [0.1, 0.15) is 5.54 Å². The van der Waals surface area contributed by atoms with Gasteiger partial charge < -0.3 is 16.6 Å². The molecular formula is C8H14N2O3. The maximum absolute atomic E-state index is 10.5. The first-order valence-corrected chi connectivity index (χ1v) is 3.75. The number of amides is 1. The average Bonchev–Trinajstić information content (AvgIpc) is 2.62. The SMILES string of the molecule is C=CC1CC1(N)C(N)=O.CC(=O)O. The van der Waals surface area contributed by atoms with E-state index in [1.54, 1.807) is 6.08 Å². The van der Waals surface area contributed by atoms with Gasteiger partial charge in [0.25, 0.3) is 5.97 Å². The third-order valence-corrected chi connectivity index (χ3v) is 1.80. The van der Waals surface area contributed by atoms with Gasteiger partial charge in [-0.25, -0.2) is 0 Å². The van der Waals surface area contributed by atoms with Crippen LogP contribution in [0.3, 0.4) is 0 Å². The van der Waals surface area contributed by atoms with Crippen molar-refractivity contribution < 1.29 is 14.7 Å². The molecule has 74 valence electrons. The topological polar surface area (TPSA) is 106 Å². The molecule has 0 aliphatic heterocycles. The summed E-state index contributed by atoms with van der Waals surface area (Å²) in [6, 6.07) is 0. The number of primary amides is 1. The van der Waals surface area contributed by atoms with Crippen molar-refractivity contribution in [1.29, 1.82) is 0 Å². The number of nitrogens with two attached hydrogens (primary N) is 2. The Morgan fingerprint density at radius 3 is 2.15 bits per heavy atom. The summed E-state index contributed by atoms with van der Waals surface area (Å²) >= 11 is 0. The molecule has 1 fully saturated rings. The van der Waals surface area contributed by atoms with Gasteiger partial charge in [-0.3, -0.25) is 9.59 Å². The summed E-state index contributed by atoms with van der Waals surface area (Å²) in [5, 5.41) is 7.42. The Morgan fingerprint density at radius 1 is 1.69 bits per heavy atom. The maximum Gasteiger partial charge on any atom is 0.300 e. The molecule has 1 aliphatic rings. The highest BCUT2D eigenvalue weighted by Gasteiger charge is 2.54. The Hall–Kier alpha value is -1.36. The molecule has 0 saturated heterocycles. The van der Waals surface area contributed by atoms with Gasteiger partial charge in [-0.05, 0) is 6.42 Å². The second-order valence-corrected chi connectivity index (χ2v) is 2.97. The van der Waals surface area contributed by atoms with E-state index in [2.05, 4.69) is 6.58 Å². The highest BCUT2D eigenvalue weighted by molar-refractivity contribution is 5.88. The smallest absolute Gasteiger partial charge is 0.300 e. The van der Waals surface area contributed by atoms with Gasteiger partial charge in [0.15, 0.2) is 0 Å². The third-order valence-electron chi connectivity index (χ3n) is 1.80. The van der Waals surface area contributed by atoms with Crippen LogP contribution in [0.5, 0.6) is 0 Å². The molecule has 1 rings (SSSR count). The van der Waals surface area contributed by atoms with Crippen LogP contribution in [0, 0.1) is 5.92 Å². The van der Waals surface area contributed by atoms with Crippen LogP contribution in [-0.2, 0) is 9.59 Å². The molecule has 0 bridgehead atoms. The van der Waals surface area contributed by atoms with Crippen molar-refractivity contribution in [2.75, 3.05) is 0 Å². The predicted molar refractivity (Wildman–Crippen MR) is 47.7 cm³/mol. The molecule has 0 radical (unpaired) electrons. The van der Waals surface area contributed by atoms with Crippen molar-refractivity contribution in [3.05, 3.63) is 12.7 Å². The van der Waals surface area contributed by atoms with Gasteiger partial charge in [-0.15, -0.1) is 6.58 Å². The second-order valence-electron chi connectivity index (χ2n) is 2.97. The minimum Gasteiger partial charge on any atom is -0.481 e. The number of carboxylic acid groups (broad SMARTS) is 1. The monoisotopic (exact) mass is 186 g/mol. The van der Waals surface area contributed by atoms with Crippen molar-refractivity contribution in [3.8, 4) is 0 Å². The largest absolute Gasteiger partial charge is 0.481 e. The quantitative estimate of drug-likeness (QED) is 0.504. The van der Waals surface area contributed by atoms with Gasteiger partial charge in [0, 0.05) is 12.8 Å². The van der Waals surface area contributed by atoms with Crippen molar-refractivity contribution >= 4 is 11.9 Å². The zero-order chi connectivity index (χ0) is 10.6. The molecule has 5 heteroatoms. The van der Waals surface area contributed by atoms with Gasteiger partial charge in [0.05, 0.1) is 0 Å². The fourth-order valence-corrected chi connectivity index (χ4v) is 0.882. The minimum absolute atomic E-state index is 0.106. The molecule has 1 amide bonds. The lowest BCUT2D eigenvalue weighted by molar-refractivity contribution is -0.134. The van der Waals surface area contributed by atoms with E-state index in [4.69, 9.17) is 21.4 Å². The van der Waals surface area contributed by atoms with Gasteiger partial charge in [-0.2, -0.15) is 0 Å². The normalized spacial score (nSPS) is 29.5. The van der Waals surface area contributed by atoms with E-state index in [9.17, 15) is 4.79 Å². The molecule has 0 heterocycles. The summed E-state index contributed by atoms with van der Waals surface area (Å²) in [5.41, 5.74) is 9.72. The molecule has 0 aromatic carbocycles. The molecule has 13 heavy (non-hydrogen) atoms. The van der Waals surface area contributed by atoms with Crippen LogP contribution in [0.15, 0.2) is 12.7 Å². The van der Waals surface area contributed by atoms with Crippen molar-refractivity contribution in [3.63, 3.8) is 0 Å². The van der Waals surface area contributed by atoms with E-state index in [-0.39, 0.29) is 5.92 Å². The Morgan fingerprint density at radius 2 is 2.08 bits per heavy atom. The van der Waals surface area contributed by atoms with Crippen LogP contribution in [0.2, 0.25) is 0 Å². The van der Waals surface area contributed by atoms with E-state index in [0.29, 0.717) is 6.42 Å². The average molecular weight is 186 g/mol. The summed E-state index contributed by atoms with van der Waals surface area (Å²) in [4.78, 5) is 19.5. The first-order valence-electron chi connectivity index (χ1n) is 3.75. The van der Waals surface area contributed by atoms with Gasteiger partial charge in [0.2, 0.25) is 5.91 Å². The third kappa shape index (κ3) is 3.25. The van der Waals surface area contributed by atoms with Crippen LogP contribution in [-0.4, -0.2) is 22.5 Å². The number of carbonyl (C=O) groups is 2. The lowest BCUT2D eigenvalue weighted by atomic mass is 10.2. The molecular weight excluding hydrogens is 172 g/mol. The second kappa shape index (κ2) is 4.04. The predicted octanol–water partition coefficient (Wildman–Crippen LogP) is -0.534. The molecule has 5 N–H and O–H groups in total. The summed E-state index contributed by atoms with van der Waals surface area (Å²) in [5.74, 6) is -1.15. The number of hydrogen-bond acceptors (Lipinski definition) is 3. The molecule has 1 aliphatic carbocycles. The molecule has 2 atom stereocenters. The van der Waals surface area contributed by atoms with Gasteiger partial charge >= 0.3 is 0 Å². The molecule has 5 nitrogen and oxygen atoms in total. The van der Waals surface area contributed by atoms with Crippen molar-refractivity contribution in [2.45, 2.75) is 18.9 Å². The Labute approximate surface area is 76.4 Å². The zero-order valence-electron chi connectivity index (χ0n) is 7.49. The highest BCUT2D eigenvalue weighted by atomic mass is 16.4. The van der Waals surface area contributed by atoms with Crippen molar-refractivity contribution in [1.82, 2.24) is 0 Å². The number of hydrogen-bond donors (Lipinski definition) is 3. The Kier molecular flexibility index (Phi) is 3.62. The number of aliphatic carboxylic acids is 1. The standard InChI is InChI=1S/C6H10N2O.C2H4O2/c1-2-4-3-6(4,8)5(7)9;1-2(3)4/h2,4H,1,3,8H2,(H2,7,9);1H3,(H,3,4).